The van der Waals surface area contributed by atoms with Crippen LogP contribution in [0.3, 0.4) is 0 Å². The van der Waals surface area contributed by atoms with Crippen molar-refractivity contribution in [3.05, 3.63) is 65.0 Å². The molecular formula is C17H18ClFN6S. The third-order valence-corrected chi connectivity index (χ3v) is 4.32. The quantitative estimate of drug-likeness (QED) is 0.629. The maximum absolute atomic E-state index is 13.0. The van der Waals surface area contributed by atoms with Crippen molar-refractivity contribution in [2.45, 2.75) is 26.6 Å². The molecule has 0 bridgehead atoms. The molecule has 2 heterocycles. The van der Waals surface area contributed by atoms with E-state index in [9.17, 15) is 4.39 Å². The molecule has 0 aliphatic carbocycles. The van der Waals surface area contributed by atoms with Crippen LogP contribution in [0.15, 0.2) is 42.9 Å². The van der Waals surface area contributed by atoms with Gasteiger partial charge in [-0.2, -0.15) is 10.2 Å². The highest BCUT2D eigenvalue weighted by Gasteiger charge is 2.09. The highest BCUT2D eigenvalue weighted by Crippen LogP contribution is 2.15. The smallest absolute Gasteiger partial charge is 0.171 e. The Bertz CT molecular complexity index is 889. The topological polar surface area (TPSA) is 59.7 Å². The van der Waals surface area contributed by atoms with Crippen molar-refractivity contribution in [1.82, 2.24) is 24.9 Å². The summed E-state index contributed by atoms with van der Waals surface area (Å²) in [5, 5.41) is 15.7. The van der Waals surface area contributed by atoms with E-state index < -0.39 is 0 Å². The summed E-state index contributed by atoms with van der Waals surface area (Å²) in [5.41, 5.74) is 2.61. The van der Waals surface area contributed by atoms with Crippen LogP contribution in [0.4, 0.5) is 10.1 Å². The molecule has 0 aliphatic heterocycles. The van der Waals surface area contributed by atoms with E-state index in [0.717, 1.165) is 23.5 Å². The van der Waals surface area contributed by atoms with Gasteiger partial charge in [0, 0.05) is 12.7 Å². The first-order valence-corrected chi connectivity index (χ1v) is 8.85. The fraction of sp³-hybridized carbons (Fsp3) is 0.235. The van der Waals surface area contributed by atoms with Crippen molar-refractivity contribution in [3.63, 3.8) is 0 Å². The summed E-state index contributed by atoms with van der Waals surface area (Å²) >= 11 is 11.4. The second-order valence-corrected chi connectivity index (χ2v) is 6.43. The van der Waals surface area contributed by atoms with Crippen molar-refractivity contribution in [2.24, 2.45) is 0 Å². The first kappa shape index (κ1) is 18.3. The second kappa shape index (κ2) is 8.29. The Balaban J connectivity index is 1.54. The average molecular weight is 393 g/mol. The number of rotatable bonds is 6. The molecule has 26 heavy (non-hydrogen) atoms. The maximum atomic E-state index is 13.0. The van der Waals surface area contributed by atoms with E-state index in [2.05, 4.69) is 20.8 Å². The van der Waals surface area contributed by atoms with Gasteiger partial charge in [-0.1, -0.05) is 23.7 Å². The molecule has 0 fully saturated rings. The minimum Gasteiger partial charge on any atom is -0.357 e. The third-order valence-electron chi connectivity index (χ3n) is 3.76. The Morgan fingerprint density at radius 1 is 1.23 bits per heavy atom. The average Bonchev–Trinajstić information content (AvgIpc) is 3.21. The molecule has 6 nitrogen and oxygen atoms in total. The SMILES string of the molecule is CCn1ncc(Cl)c1CNC(=S)Nc1cnn(Cc2ccc(F)cc2)c1. The molecule has 0 radical (unpaired) electrons. The van der Waals surface area contributed by atoms with Gasteiger partial charge in [0.2, 0.25) is 0 Å². The molecule has 0 aliphatic rings. The molecule has 1 aromatic carbocycles. The molecule has 2 aromatic heterocycles. The molecule has 0 atom stereocenters. The van der Waals surface area contributed by atoms with Crippen molar-refractivity contribution in [2.75, 3.05) is 5.32 Å². The molecule has 3 rings (SSSR count). The van der Waals surface area contributed by atoms with Gasteiger partial charge in [0.05, 0.1) is 41.9 Å². The largest absolute Gasteiger partial charge is 0.357 e. The summed E-state index contributed by atoms with van der Waals surface area (Å²) in [6, 6.07) is 6.33. The maximum Gasteiger partial charge on any atom is 0.171 e. The van der Waals surface area contributed by atoms with Crippen LogP contribution < -0.4 is 10.6 Å². The first-order valence-electron chi connectivity index (χ1n) is 8.07. The van der Waals surface area contributed by atoms with Gasteiger partial charge in [-0.3, -0.25) is 9.36 Å². The second-order valence-electron chi connectivity index (χ2n) is 5.62. The zero-order valence-corrected chi connectivity index (χ0v) is 15.7. The van der Waals surface area contributed by atoms with E-state index in [4.69, 9.17) is 23.8 Å². The number of aromatic nitrogens is 4. The lowest BCUT2D eigenvalue weighted by Gasteiger charge is -2.10. The highest BCUT2D eigenvalue weighted by atomic mass is 35.5. The number of thiocarbonyl (C=S) groups is 1. The Morgan fingerprint density at radius 3 is 2.73 bits per heavy atom. The number of anilines is 1. The Kier molecular flexibility index (Phi) is 5.85. The summed E-state index contributed by atoms with van der Waals surface area (Å²) in [6.45, 7) is 3.76. The predicted molar refractivity (Wildman–Crippen MR) is 104 cm³/mol. The molecule has 0 unspecified atom stereocenters. The summed E-state index contributed by atoms with van der Waals surface area (Å²) in [5.74, 6) is -0.252. The molecule has 0 amide bonds. The summed E-state index contributed by atoms with van der Waals surface area (Å²) in [7, 11) is 0. The predicted octanol–water partition coefficient (Wildman–Crippen LogP) is 3.43. The van der Waals surface area contributed by atoms with Crippen molar-refractivity contribution >= 4 is 34.6 Å². The van der Waals surface area contributed by atoms with Crippen LogP contribution in [0, 0.1) is 5.82 Å². The van der Waals surface area contributed by atoms with Gasteiger partial charge in [-0.25, -0.2) is 4.39 Å². The Morgan fingerprint density at radius 2 is 2.00 bits per heavy atom. The van der Waals surface area contributed by atoms with Gasteiger partial charge in [-0.15, -0.1) is 0 Å². The molecule has 136 valence electrons. The van der Waals surface area contributed by atoms with Crippen LogP contribution >= 0.6 is 23.8 Å². The number of benzene rings is 1. The molecular weight excluding hydrogens is 375 g/mol. The third kappa shape index (κ3) is 4.59. The van der Waals surface area contributed by atoms with Gasteiger partial charge in [0.25, 0.3) is 0 Å². The number of hydrogen-bond donors (Lipinski definition) is 2. The lowest BCUT2D eigenvalue weighted by Crippen LogP contribution is -2.28. The number of hydrogen-bond acceptors (Lipinski definition) is 3. The Hall–Kier alpha value is -2.45. The Labute approximate surface area is 161 Å². The van der Waals surface area contributed by atoms with Gasteiger partial charge < -0.3 is 10.6 Å². The zero-order chi connectivity index (χ0) is 18.5. The van der Waals surface area contributed by atoms with Crippen LogP contribution in [0.5, 0.6) is 0 Å². The lowest BCUT2D eigenvalue weighted by molar-refractivity contribution is 0.614. The van der Waals surface area contributed by atoms with E-state index in [0.29, 0.717) is 23.2 Å². The van der Waals surface area contributed by atoms with Gasteiger partial charge >= 0.3 is 0 Å². The molecule has 3 aromatic rings. The standard InChI is InChI=1S/C17H18ClFN6S/c1-2-25-16(15(18)8-22-25)9-20-17(26)23-14-7-21-24(11-14)10-12-3-5-13(19)6-4-12/h3-8,11H,2,9-10H2,1H3,(H2,20,23,26). The molecule has 9 heteroatoms. The minimum absolute atomic E-state index is 0.252. The monoisotopic (exact) mass is 392 g/mol. The molecule has 2 N–H and O–H groups in total. The lowest BCUT2D eigenvalue weighted by atomic mass is 10.2. The number of nitrogens with one attached hydrogen (secondary N) is 2. The van der Waals surface area contributed by atoms with Crippen molar-refractivity contribution in [3.8, 4) is 0 Å². The van der Waals surface area contributed by atoms with Crippen molar-refractivity contribution in [1.29, 1.82) is 0 Å². The highest BCUT2D eigenvalue weighted by molar-refractivity contribution is 7.80. The van der Waals surface area contributed by atoms with Gasteiger partial charge in [-0.05, 0) is 36.8 Å². The summed E-state index contributed by atoms with van der Waals surface area (Å²) < 4.78 is 16.5. The minimum atomic E-state index is -0.252. The normalized spacial score (nSPS) is 10.7. The first-order chi connectivity index (χ1) is 12.5. The van der Waals surface area contributed by atoms with Crippen LogP contribution in [-0.2, 0) is 19.6 Å². The van der Waals surface area contributed by atoms with E-state index in [-0.39, 0.29) is 5.82 Å². The van der Waals surface area contributed by atoms with Gasteiger partial charge in [0.1, 0.15) is 5.82 Å². The number of aryl methyl sites for hydroxylation is 1. The van der Waals surface area contributed by atoms with E-state index in [1.54, 1.807) is 29.2 Å². The van der Waals surface area contributed by atoms with Gasteiger partial charge in [0.15, 0.2) is 5.11 Å². The van der Waals surface area contributed by atoms with Crippen LogP contribution in [0.2, 0.25) is 5.02 Å². The zero-order valence-electron chi connectivity index (χ0n) is 14.1. The van der Waals surface area contributed by atoms with Crippen LogP contribution in [0.1, 0.15) is 18.2 Å². The molecule has 0 saturated carbocycles. The van der Waals surface area contributed by atoms with E-state index >= 15 is 0 Å². The summed E-state index contributed by atoms with van der Waals surface area (Å²) in [4.78, 5) is 0. The van der Waals surface area contributed by atoms with Crippen LogP contribution in [0.25, 0.3) is 0 Å². The number of halogens is 2. The fourth-order valence-corrected chi connectivity index (χ4v) is 2.86. The molecule has 0 spiro atoms. The summed E-state index contributed by atoms with van der Waals surface area (Å²) in [6.07, 6.45) is 5.14. The van der Waals surface area contributed by atoms with Crippen molar-refractivity contribution < 1.29 is 4.39 Å². The molecule has 0 saturated heterocycles. The fourth-order valence-electron chi connectivity index (χ4n) is 2.47. The number of nitrogens with zero attached hydrogens (tertiary/aromatic N) is 4. The van der Waals surface area contributed by atoms with E-state index in [1.165, 1.54) is 12.1 Å². The van der Waals surface area contributed by atoms with E-state index in [1.807, 2.05) is 17.8 Å². The van der Waals surface area contributed by atoms with Crippen LogP contribution in [-0.4, -0.2) is 24.7 Å².